The summed E-state index contributed by atoms with van der Waals surface area (Å²) in [6.07, 6.45) is 2.20. The van der Waals surface area contributed by atoms with Gasteiger partial charge >= 0.3 is 5.97 Å². The number of carbonyl (C=O) groups excluding carboxylic acids is 1. The monoisotopic (exact) mass is 550 g/mol. The Morgan fingerprint density at radius 1 is 0.800 bits per heavy atom. The predicted octanol–water partition coefficient (Wildman–Crippen LogP) is 0.0214. The number of hydrogen-bond acceptors (Lipinski definition) is 6. The van der Waals surface area contributed by atoms with E-state index in [2.05, 4.69) is 51.4 Å². The van der Waals surface area contributed by atoms with Crippen LogP contribution >= 0.6 is 7.26 Å². The number of nitrogens with zero attached hydrogens (tertiary/aromatic N) is 4. The highest BCUT2D eigenvalue weighted by molar-refractivity contribution is 7.96. The fourth-order valence-corrected chi connectivity index (χ4v) is 7.88. The first-order valence-electron chi connectivity index (χ1n) is 11.2. The molecular weight excluding hydrogens is 523 g/mol. The van der Waals surface area contributed by atoms with E-state index in [1.165, 1.54) is 6.33 Å². The summed E-state index contributed by atoms with van der Waals surface area (Å²) in [5.74, 6) is 0.951. The second-order valence-corrected chi connectivity index (χ2v) is 11.5. The topological polar surface area (TPSA) is 68.2 Å². The van der Waals surface area contributed by atoms with Crippen molar-refractivity contribution in [3.63, 3.8) is 0 Å². The molecule has 0 atom stereocenters. The summed E-state index contributed by atoms with van der Waals surface area (Å²) < 4.78 is 5.74. The molecule has 0 saturated heterocycles. The van der Waals surface area contributed by atoms with Gasteiger partial charge in [-0.1, -0.05) is 54.6 Å². The molecule has 0 aliphatic carbocycles. The van der Waals surface area contributed by atoms with E-state index in [-0.39, 0.29) is 35.7 Å². The molecule has 0 N–H and O–H groups in total. The Morgan fingerprint density at radius 2 is 1.29 bits per heavy atom. The van der Waals surface area contributed by atoms with Gasteiger partial charge in [-0.3, -0.25) is 0 Å². The zero-order valence-corrected chi connectivity index (χ0v) is 22.3. The van der Waals surface area contributed by atoms with Crippen molar-refractivity contribution in [3.05, 3.63) is 103 Å². The molecule has 4 rings (SSSR count). The normalized spacial score (nSPS) is 10.8. The molecule has 8 heteroatoms. The molecule has 0 radical (unpaired) electrons. The minimum absolute atomic E-state index is 0. The van der Waals surface area contributed by atoms with Crippen LogP contribution in [0.15, 0.2) is 97.3 Å². The Hall–Kier alpha value is -3.15. The zero-order valence-electron chi connectivity index (χ0n) is 19.8. The molecule has 6 nitrogen and oxygen atoms in total. The number of aromatic nitrogens is 3. The van der Waals surface area contributed by atoms with E-state index in [1.54, 1.807) is 0 Å². The number of anilines is 1. The van der Waals surface area contributed by atoms with Gasteiger partial charge in [0.15, 0.2) is 6.16 Å². The highest BCUT2D eigenvalue weighted by Gasteiger charge is 2.47. The molecule has 0 saturated carbocycles. The van der Waals surface area contributed by atoms with E-state index in [0.29, 0.717) is 18.2 Å². The minimum Gasteiger partial charge on any atom is -1.00 e. The molecule has 0 aliphatic rings. The molecule has 4 aromatic rings. The highest BCUT2D eigenvalue weighted by atomic mass is 79.9. The number of halogens is 1. The van der Waals surface area contributed by atoms with Crippen LogP contribution in [-0.2, 0) is 16.0 Å². The number of hydrogen-bond donors (Lipinski definition) is 0. The largest absolute Gasteiger partial charge is 1.00 e. The van der Waals surface area contributed by atoms with Crippen LogP contribution < -0.4 is 37.8 Å². The van der Waals surface area contributed by atoms with E-state index >= 15 is 0 Å². The predicted molar refractivity (Wildman–Crippen MR) is 139 cm³/mol. The second-order valence-electron chi connectivity index (χ2n) is 8.04. The summed E-state index contributed by atoms with van der Waals surface area (Å²) in [6, 6.07) is 30.9. The molecule has 3 aromatic carbocycles. The van der Waals surface area contributed by atoms with Crippen molar-refractivity contribution in [1.82, 2.24) is 15.0 Å². The summed E-state index contributed by atoms with van der Waals surface area (Å²) in [5.41, 5.74) is 0. The van der Waals surface area contributed by atoms with Crippen LogP contribution in [0.5, 0.6) is 0 Å². The van der Waals surface area contributed by atoms with E-state index in [0.717, 1.165) is 15.9 Å². The number of carbonyl (C=O) groups is 1. The van der Waals surface area contributed by atoms with Gasteiger partial charge in [-0.25, -0.2) is 14.8 Å². The van der Waals surface area contributed by atoms with Gasteiger partial charge in [0.05, 0.1) is 6.61 Å². The molecule has 0 amide bonds. The number of benzene rings is 3. The average molecular weight is 551 g/mol. The van der Waals surface area contributed by atoms with Crippen LogP contribution in [0.4, 0.5) is 5.95 Å². The van der Waals surface area contributed by atoms with Gasteiger partial charge in [-0.2, -0.15) is 4.98 Å². The Balaban J connectivity index is 0.00000342. The maximum Gasteiger partial charge on any atom is 0.345 e. The maximum absolute atomic E-state index is 13.3. The Labute approximate surface area is 217 Å². The standard InChI is InChI=1S/C27H28N4O2P.BrH/c1-31(2)27-29-21-28-25(30-27)18-19-33-26(32)20-34(22-12-6-3-7-13-22,23-14-8-4-9-15-23)24-16-10-5-11-17-24;/h3-17,21H,18-20H2,1-2H3;1H/q+1;/p-1. The summed E-state index contributed by atoms with van der Waals surface area (Å²) in [4.78, 5) is 27.8. The summed E-state index contributed by atoms with van der Waals surface area (Å²) in [5, 5.41) is 3.45. The maximum atomic E-state index is 13.3. The quantitative estimate of drug-likeness (QED) is 0.216. The van der Waals surface area contributed by atoms with E-state index in [1.807, 2.05) is 73.6 Å². The Bertz CT molecular complexity index is 1110. The third-order valence-electron chi connectivity index (χ3n) is 5.55. The van der Waals surface area contributed by atoms with Gasteiger partial charge in [0.2, 0.25) is 5.95 Å². The van der Waals surface area contributed by atoms with Gasteiger partial charge < -0.3 is 26.6 Å². The number of esters is 1. The van der Waals surface area contributed by atoms with Crippen LogP contribution in [0, 0.1) is 0 Å². The summed E-state index contributed by atoms with van der Waals surface area (Å²) in [6.45, 7) is 0.216. The molecular formula is C27H28BrN4O2P. The van der Waals surface area contributed by atoms with Crippen molar-refractivity contribution < 1.29 is 26.5 Å². The van der Waals surface area contributed by atoms with Crippen molar-refractivity contribution >= 4 is 35.1 Å². The van der Waals surface area contributed by atoms with E-state index in [4.69, 9.17) is 4.74 Å². The third-order valence-corrected chi connectivity index (χ3v) is 9.83. The highest BCUT2D eigenvalue weighted by Crippen LogP contribution is 2.55. The fraction of sp³-hybridized carbons (Fsp3) is 0.185. The van der Waals surface area contributed by atoms with Gasteiger partial charge in [0.1, 0.15) is 35.3 Å². The Kier molecular flexibility index (Phi) is 9.47. The molecule has 1 aromatic heterocycles. The molecule has 0 fully saturated rings. The van der Waals surface area contributed by atoms with Crippen LogP contribution in [-0.4, -0.2) is 47.8 Å². The average Bonchev–Trinajstić information content (AvgIpc) is 2.89. The lowest BCUT2D eigenvalue weighted by atomic mass is 10.4. The smallest absolute Gasteiger partial charge is 0.345 e. The van der Waals surface area contributed by atoms with Gasteiger partial charge in [0, 0.05) is 20.5 Å². The van der Waals surface area contributed by atoms with Crippen molar-refractivity contribution in [3.8, 4) is 0 Å². The van der Waals surface area contributed by atoms with Gasteiger partial charge in [-0.15, -0.1) is 0 Å². The van der Waals surface area contributed by atoms with Crippen LogP contribution in [0.3, 0.4) is 0 Å². The van der Waals surface area contributed by atoms with E-state index < -0.39 is 7.26 Å². The Morgan fingerprint density at radius 3 is 1.74 bits per heavy atom. The van der Waals surface area contributed by atoms with E-state index in [9.17, 15) is 4.79 Å². The van der Waals surface area contributed by atoms with Crippen molar-refractivity contribution in [2.24, 2.45) is 0 Å². The molecule has 0 unspecified atom stereocenters. The lowest BCUT2D eigenvalue weighted by Crippen LogP contribution is -3.00. The van der Waals surface area contributed by atoms with Crippen molar-refractivity contribution in [2.45, 2.75) is 6.42 Å². The molecule has 0 aliphatic heterocycles. The van der Waals surface area contributed by atoms with Crippen LogP contribution in [0.2, 0.25) is 0 Å². The minimum atomic E-state index is -2.26. The summed E-state index contributed by atoms with van der Waals surface area (Å²) >= 11 is 0. The first-order valence-corrected chi connectivity index (χ1v) is 13.1. The zero-order chi connectivity index (χ0) is 23.8. The molecule has 180 valence electrons. The van der Waals surface area contributed by atoms with Crippen LogP contribution in [0.25, 0.3) is 0 Å². The van der Waals surface area contributed by atoms with Gasteiger partial charge in [0.25, 0.3) is 0 Å². The summed E-state index contributed by atoms with van der Waals surface area (Å²) in [7, 11) is 1.48. The first kappa shape index (κ1) is 26.5. The third kappa shape index (κ3) is 6.30. The lowest BCUT2D eigenvalue weighted by Gasteiger charge is -2.26. The second kappa shape index (κ2) is 12.5. The molecule has 35 heavy (non-hydrogen) atoms. The fourth-order valence-electron chi connectivity index (χ4n) is 3.92. The number of ether oxygens (including phenoxy) is 1. The SMILES string of the molecule is CN(C)c1ncnc(CCOC(=O)C[P+](c2ccccc2)(c2ccccc2)c2ccccc2)n1.[Br-]. The van der Waals surface area contributed by atoms with Crippen molar-refractivity contribution in [1.29, 1.82) is 0 Å². The van der Waals surface area contributed by atoms with Gasteiger partial charge in [-0.05, 0) is 36.4 Å². The van der Waals surface area contributed by atoms with Crippen LogP contribution in [0.1, 0.15) is 5.82 Å². The molecule has 0 bridgehead atoms. The first-order chi connectivity index (χ1) is 16.6. The lowest BCUT2D eigenvalue weighted by molar-refractivity contribution is -0.140. The number of rotatable bonds is 9. The molecule has 0 spiro atoms. The molecule has 1 heterocycles. The van der Waals surface area contributed by atoms with Crippen molar-refractivity contribution in [2.75, 3.05) is 31.8 Å².